The predicted octanol–water partition coefficient (Wildman–Crippen LogP) is 1.91. The highest BCUT2D eigenvalue weighted by atomic mass is 16.2. The van der Waals surface area contributed by atoms with Gasteiger partial charge in [-0.1, -0.05) is 6.92 Å². The topological polar surface area (TPSA) is 62.0 Å². The van der Waals surface area contributed by atoms with Crippen LogP contribution in [0.3, 0.4) is 0 Å². The largest absolute Gasteiger partial charge is 0.349 e. The zero-order chi connectivity index (χ0) is 13.3. The van der Waals surface area contributed by atoms with E-state index in [1.54, 1.807) is 6.92 Å². The third-order valence-corrected chi connectivity index (χ3v) is 3.62. The highest BCUT2D eigenvalue weighted by Gasteiger charge is 2.24. The minimum Gasteiger partial charge on any atom is -0.349 e. The van der Waals surface area contributed by atoms with Gasteiger partial charge >= 0.3 is 0 Å². The van der Waals surface area contributed by atoms with Gasteiger partial charge in [0, 0.05) is 11.7 Å². The molecule has 18 heavy (non-hydrogen) atoms. The highest BCUT2D eigenvalue weighted by molar-refractivity contribution is 5.95. The molecule has 1 aromatic heterocycles. The maximum atomic E-state index is 12.1. The number of hydrogen-bond donors (Lipinski definition) is 2. The van der Waals surface area contributed by atoms with Gasteiger partial charge in [0.05, 0.1) is 0 Å². The van der Waals surface area contributed by atoms with E-state index < -0.39 is 0 Å². The second-order valence-corrected chi connectivity index (χ2v) is 5.43. The Hall–Kier alpha value is -1.58. The number of pyridine rings is 1. The van der Waals surface area contributed by atoms with E-state index in [1.807, 2.05) is 13.0 Å². The average Bonchev–Trinajstić information content (AvgIpc) is 2.62. The lowest BCUT2D eigenvalue weighted by Crippen LogP contribution is -2.37. The van der Waals surface area contributed by atoms with E-state index in [2.05, 4.69) is 17.2 Å². The average molecular weight is 248 g/mol. The smallest absolute Gasteiger partial charge is 0.261 e. The van der Waals surface area contributed by atoms with Crippen LogP contribution in [-0.4, -0.2) is 16.9 Å². The lowest BCUT2D eigenvalue weighted by Gasteiger charge is -2.13. The van der Waals surface area contributed by atoms with Crippen molar-refractivity contribution in [2.75, 3.05) is 0 Å². The third-order valence-electron chi connectivity index (χ3n) is 3.62. The fourth-order valence-corrected chi connectivity index (χ4v) is 2.73. The first-order valence-corrected chi connectivity index (χ1v) is 6.48. The molecule has 0 saturated heterocycles. The number of aromatic amines is 1. The van der Waals surface area contributed by atoms with E-state index in [4.69, 9.17) is 0 Å². The molecular weight excluding hydrogens is 228 g/mol. The number of aryl methyl sites for hydroxylation is 2. The molecule has 1 heterocycles. The van der Waals surface area contributed by atoms with Gasteiger partial charge in [0.1, 0.15) is 5.56 Å². The lowest BCUT2D eigenvalue weighted by molar-refractivity contribution is 0.0935. The van der Waals surface area contributed by atoms with E-state index in [1.165, 1.54) is 0 Å². The number of hydrogen-bond acceptors (Lipinski definition) is 2. The zero-order valence-electron chi connectivity index (χ0n) is 11.2. The summed E-state index contributed by atoms with van der Waals surface area (Å²) in [6.45, 7) is 5.80. The molecule has 0 aromatic carbocycles. The van der Waals surface area contributed by atoms with Gasteiger partial charge in [0.15, 0.2) is 0 Å². The van der Waals surface area contributed by atoms with Crippen LogP contribution >= 0.6 is 0 Å². The predicted molar refractivity (Wildman–Crippen MR) is 70.8 cm³/mol. The summed E-state index contributed by atoms with van der Waals surface area (Å²) in [5.74, 6) is 0.417. The molecule has 0 spiro atoms. The summed E-state index contributed by atoms with van der Waals surface area (Å²) >= 11 is 0. The van der Waals surface area contributed by atoms with Crippen LogP contribution < -0.4 is 10.9 Å². The number of nitrogens with one attached hydrogen (secondary N) is 2. The van der Waals surface area contributed by atoms with E-state index in [-0.39, 0.29) is 23.1 Å². The Bertz CT molecular complexity index is 519. The van der Waals surface area contributed by atoms with E-state index in [9.17, 15) is 9.59 Å². The van der Waals surface area contributed by atoms with Crippen LogP contribution in [0.5, 0.6) is 0 Å². The van der Waals surface area contributed by atoms with Crippen molar-refractivity contribution in [2.45, 2.75) is 46.1 Å². The van der Waals surface area contributed by atoms with Crippen molar-refractivity contribution in [3.05, 3.63) is 33.2 Å². The first-order chi connectivity index (χ1) is 8.47. The van der Waals surface area contributed by atoms with Gasteiger partial charge in [-0.3, -0.25) is 9.59 Å². The quantitative estimate of drug-likeness (QED) is 0.839. The minimum atomic E-state index is -0.295. The van der Waals surface area contributed by atoms with E-state index in [0.29, 0.717) is 5.92 Å². The summed E-state index contributed by atoms with van der Waals surface area (Å²) in [5, 5.41) is 2.97. The molecule has 2 N–H and O–H groups in total. The molecule has 1 aromatic rings. The Morgan fingerprint density at radius 1 is 1.39 bits per heavy atom. The van der Waals surface area contributed by atoms with Crippen LogP contribution in [0.1, 0.15) is 47.8 Å². The monoisotopic (exact) mass is 248 g/mol. The summed E-state index contributed by atoms with van der Waals surface area (Å²) in [6, 6.07) is 2.04. The molecule has 4 heteroatoms. The fourth-order valence-electron chi connectivity index (χ4n) is 2.73. The van der Waals surface area contributed by atoms with Crippen LogP contribution in [0.4, 0.5) is 0 Å². The second kappa shape index (κ2) is 4.96. The molecular formula is C14H20N2O2. The molecule has 2 atom stereocenters. The maximum absolute atomic E-state index is 12.1. The van der Waals surface area contributed by atoms with Crippen molar-refractivity contribution >= 4 is 5.91 Å². The Morgan fingerprint density at radius 3 is 2.67 bits per heavy atom. The SMILES string of the molecule is Cc1cc(C)c(C(=O)NC2CCC(C)C2)c(=O)[nH]1. The van der Waals surface area contributed by atoms with Gasteiger partial charge < -0.3 is 10.3 Å². The molecule has 2 rings (SSSR count). The standard InChI is InChI=1S/C14H20N2O2/c1-8-4-5-11(6-8)16-14(18)12-9(2)7-10(3)15-13(12)17/h7-8,11H,4-6H2,1-3H3,(H,15,17)(H,16,18). The zero-order valence-corrected chi connectivity index (χ0v) is 11.2. The van der Waals surface area contributed by atoms with Crippen LogP contribution in [0.15, 0.2) is 10.9 Å². The van der Waals surface area contributed by atoms with E-state index >= 15 is 0 Å². The van der Waals surface area contributed by atoms with Gasteiger partial charge in [-0.05, 0) is 50.7 Å². The molecule has 1 aliphatic rings. The Morgan fingerprint density at radius 2 is 2.11 bits per heavy atom. The van der Waals surface area contributed by atoms with Crippen molar-refractivity contribution in [2.24, 2.45) is 5.92 Å². The summed E-state index contributed by atoms with van der Waals surface area (Å²) in [7, 11) is 0. The van der Waals surface area contributed by atoms with Crippen LogP contribution in [0, 0.1) is 19.8 Å². The van der Waals surface area contributed by atoms with Crippen LogP contribution in [-0.2, 0) is 0 Å². The molecule has 0 radical (unpaired) electrons. The normalized spacial score (nSPS) is 23.1. The molecule has 1 saturated carbocycles. The minimum absolute atomic E-state index is 0.215. The van der Waals surface area contributed by atoms with Gasteiger partial charge in [0.2, 0.25) is 0 Å². The molecule has 0 aliphatic heterocycles. The van der Waals surface area contributed by atoms with Gasteiger partial charge in [-0.2, -0.15) is 0 Å². The first-order valence-electron chi connectivity index (χ1n) is 6.48. The summed E-state index contributed by atoms with van der Waals surface area (Å²) in [4.78, 5) is 26.6. The maximum Gasteiger partial charge on any atom is 0.261 e. The van der Waals surface area contributed by atoms with Crippen molar-refractivity contribution in [1.82, 2.24) is 10.3 Å². The van der Waals surface area contributed by atoms with Gasteiger partial charge in [0.25, 0.3) is 11.5 Å². The molecule has 1 aliphatic carbocycles. The third kappa shape index (κ3) is 2.63. The highest BCUT2D eigenvalue weighted by Crippen LogP contribution is 2.24. The molecule has 4 nitrogen and oxygen atoms in total. The summed E-state index contributed by atoms with van der Waals surface area (Å²) in [6.07, 6.45) is 3.17. The molecule has 0 bridgehead atoms. The Balaban J connectivity index is 2.17. The lowest BCUT2D eigenvalue weighted by atomic mass is 10.1. The molecule has 98 valence electrons. The van der Waals surface area contributed by atoms with Crippen LogP contribution in [0.2, 0.25) is 0 Å². The van der Waals surface area contributed by atoms with Crippen molar-refractivity contribution < 1.29 is 4.79 Å². The van der Waals surface area contributed by atoms with Crippen molar-refractivity contribution in [1.29, 1.82) is 0 Å². The number of rotatable bonds is 2. The number of aromatic nitrogens is 1. The number of H-pyrrole nitrogens is 1. The van der Waals surface area contributed by atoms with Gasteiger partial charge in [-0.25, -0.2) is 0 Å². The fraction of sp³-hybridized carbons (Fsp3) is 0.571. The van der Waals surface area contributed by atoms with Crippen molar-refractivity contribution in [3.63, 3.8) is 0 Å². The van der Waals surface area contributed by atoms with Gasteiger partial charge in [-0.15, -0.1) is 0 Å². The van der Waals surface area contributed by atoms with E-state index in [0.717, 1.165) is 30.5 Å². The molecule has 2 unspecified atom stereocenters. The summed E-state index contributed by atoms with van der Waals surface area (Å²) < 4.78 is 0. The Labute approximate surface area is 107 Å². The Kier molecular flexibility index (Phi) is 3.55. The molecule has 1 amide bonds. The van der Waals surface area contributed by atoms with Crippen molar-refractivity contribution in [3.8, 4) is 0 Å². The summed E-state index contributed by atoms with van der Waals surface area (Å²) in [5.41, 5.74) is 1.47. The second-order valence-electron chi connectivity index (χ2n) is 5.43. The van der Waals surface area contributed by atoms with Crippen LogP contribution in [0.25, 0.3) is 0 Å². The number of carbonyl (C=O) groups excluding carboxylic acids is 1. The first kappa shape index (κ1) is 12.9. The number of amides is 1. The molecule has 1 fully saturated rings. The number of carbonyl (C=O) groups is 1.